The summed E-state index contributed by atoms with van der Waals surface area (Å²) in [5, 5.41) is 0. The van der Waals surface area contributed by atoms with Crippen LogP contribution in [-0.2, 0) is 0 Å². The van der Waals surface area contributed by atoms with Crippen LogP contribution in [0.3, 0.4) is 0 Å². The van der Waals surface area contributed by atoms with E-state index in [0.717, 1.165) is 0 Å². The minimum atomic E-state index is 1.21. The van der Waals surface area contributed by atoms with Crippen LogP contribution >= 0.6 is 0 Å². The molecule has 8 heavy (non-hydrogen) atoms. The number of hydrogen-bond donors (Lipinski definition) is 0. The quantitative estimate of drug-likeness (QED) is 0.430. The van der Waals surface area contributed by atoms with Crippen LogP contribution in [0.2, 0.25) is 0 Å². The minimum absolute atomic E-state index is 1.21. The van der Waals surface area contributed by atoms with Crippen LogP contribution in [-0.4, -0.2) is 12.5 Å². The Balaban J connectivity index is 3.14. The Morgan fingerprint density at radius 2 is 2.12 bits per heavy atom. The van der Waals surface area contributed by atoms with E-state index in [1.807, 2.05) is 17.6 Å². The van der Waals surface area contributed by atoms with Crippen molar-refractivity contribution in [2.24, 2.45) is 0 Å². The molecule has 1 heterocycles. The molecule has 0 spiro atoms. The standard InChI is InChI=1S/C6H9BN/c1-5-3-6(2)8(7)4-5/h3-4,7H,1-2H3. The van der Waals surface area contributed by atoms with Crippen LogP contribution in [0, 0.1) is 13.8 Å². The summed E-state index contributed by atoms with van der Waals surface area (Å²) in [4.78, 5) is 0. The van der Waals surface area contributed by atoms with Crippen molar-refractivity contribution in [1.82, 2.24) is 4.48 Å². The summed E-state index contributed by atoms with van der Waals surface area (Å²) in [5.41, 5.74) is 2.49. The number of hydrogen-bond acceptors (Lipinski definition) is 0. The molecule has 0 atom stereocenters. The van der Waals surface area contributed by atoms with E-state index in [9.17, 15) is 0 Å². The lowest BCUT2D eigenvalue weighted by molar-refractivity contribution is 1.15. The maximum absolute atomic E-state index is 3.76. The first kappa shape index (κ1) is 5.48. The van der Waals surface area contributed by atoms with Crippen LogP contribution in [0.1, 0.15) is 11.3 Å². The third kappa shape index (κ3) is 0.784. The highest BCUT2D eigenvalue weighted by molar-refractivity contribution is 6.07. The second-order valence-corrected chi connectivity index (χ2v) is 2.13. The summed E-state index contributed by atoms with van der Waals surface area (Å²) < 4.78 is 1.87. The lowest BCUT2D eigenvalue weighted by Gasteiger charge is -1.90. The smallest absolute Gasteiger partial charge is 0.229 e. The summed E-state index contributed by atoms with van der Waals surface area (Å²) >= 11 is 0. The average Bonchev–Trinajstić information content (AvgIpc) is 1.85. The lowest BCUT2D eigenvalue weighted by Crippen LogP contribution is -1.89. The highest BCUT2D eigenvalue weighted by Gasteiger charge is 1.89. The summed E-state index contributed by atoms with van der Waals surface area (Å²) in [6, 6.07) is 2.10. The number of aryl methyl sites for hydroxylation is 2. The van der Waals surface area contributed by atoms with Crippen LogP contribution in [0.25, 0.3) is 0 Å². The number of aromatic nitrogens is 1. The Bertz CT molecular complexity index is 171. The van der Waals surface area contributed by atoms with Crippen molar-refractivity contribution in [3.05, 3.63) is 23.5 Å². The molecule has 0 unspecified atom stereocenters. The Kier molecular flexibility index (Phi) is 1.16. The van der Waals surface area contributed by atoms with Crippen molar-refractivity contribution in [3.63, 3.8) is 0 Å². The topological polar surface area (TPSA) is 4.93 Å². The molecule has 1 aromatic heterocycles. The maximum Gasteiger partial charge on any atom is 0.229 e. The molecule has 0 bridgehead atoms. The average molecular weight is 106 g/mol. The molecule has 1 rings (SSSR count). The highest BCUT2D eigenvalue weighted by atomic mass is 14.8. The first-order valence-electron chi connectivity index (χ1n) is 2.66. The fourth-order valence-electron chi connectivity index (χ4n) is 0.797. The molecule has 1 nitrogen and oxygen atoms in total. The van der Waals surface area contributed by atoms with Crippen LogP contribution in [0.15, 0.2) is 12.3 Å². The van der Waals surface area contributed by atoms with Crippen LogP contribution in [0.4, 0.5) is 0 Å². The van der Waals surface area contributed by atoms with Gasteiger partial charge < -0.3 is 4.48 Å². The van der Waals surface area contributed by atoms with E-state index in [1.165, 1.54) is 11.3 Å². The summed E-state index contributed by atoms with van der Waals surface area (Å²) in [7, 11) is 3.76. The Morgan fingerprint density at radius 3 is 2.25 bits per heavy atom. The van der Waals surface area contributed by atoms with Crippen LogP contribution < -0.4 is 0 Å². The van der Waals surface area contributed by atoms with Crippen molar-refractivity contribution in [1.29, 1.82) is 0 Å². The van der Waals surface area contributed by atoms with Gasteiger partial charge in [0.05, 0.1) is 0 Å². The molecule has 0 amide bonds. The zero-order valence-electron chi connectivity index (χ0n) is 5.31. The predicted molar refractivity (Wildman–Crippen MR) is 36.5 cm³/mol. The molecule has 0 saturated carbocycles. The van der Waals surface area contributed by atoms with Gasteiger partial charge in [0, 0.05) is 5.69 Å². The van der Waals surface area contributed by atoms with E-state index in [1.54, 1.807) is 0 Å². The molecule has 41 valence electrons. The van der Waals surface area contributed by atoms with Crippen molar-refractivity contribution in [2.45, 2.75) is 13.8 Å². The molecule has 0 N–H and O–H groups in total. The number of nitrogens with zero attached hydrogens (tertiary/aromatic N) is 1. The van der Waals surface area contributed by atoms with Crippen molar-refractivity contribution in [3.8, 4) is 0 Å². The van der Waals surface area contributed by atoms with Gasteiger partial charge in [-0.1, -0.05) is 0 Å². The lowest BCUT2D eigenvalue weighted by atomic mass is 10.3. The molecule has 2 heteroatoms. The molecule has 0 aromatic carbocycles. The SMILES string of the molecule is [BH]n1cc(C)cc1C. The first-order chi connectivity index (χ1) is 3.70. The van der Waals surface area contributed by atoms with Gasteiger partial charge in [0.1, 0.15) is 0 Å². The summed E-state index contributed by atoms with van der Waals surface area (Å²) in [6.45, 7) is 4.11. The second kappa shape index (κ2) is 1.69. The first-order valence-corrected chi connectivity index (χ1v) is 2.66. The van der Waals surface area contributed by atoms with Gasteiger partial charge >= 0.3 is 0 Å². The molecule has 0 saturated heterocycles. The van der Waals surface area contributed by atoms with Crippen LogP contribution in [0.5, 0.6) is 0 Å². The molecule has 0 aliphatic rings. The van der Waals surface area contributed by atoms with Crippen molar-refractivity contribution in [2.75, 3.05) is 0 Å². The largest absolute Gasteiger partial charge is 0.404 e. The van der Waals surface area contributed by atoms with Gasteiger partial charge in [-0.3, -0.25) is 0 Å². The molecular weight excluding hydrogens is 96.9 g/mol. The highest BCUT2D eigenvalue weighted by Crippen LogP contribution is 2.01. The van der Waals surface area contributed by atoms with Gasteiger partial charge in [-0.05, 0) is 31.7 Å². The van der Waals surface area contributed by atoms with E-state index in [0.29, 0.717) is 0 Å². The second-order valence-electron chi connectivity index (χ2n) is 2.13. The molecule has 0 aliphatic carbocycles. The predicted octanol–water partition coefficient (Wildman–Crippen LogP) is 0.769. The minimum Gasteiger partial charge on any atom is -0.404 e. The van der Waals surface area contributed by atoms with Gasteiger partial charge in [0.25, 0.3) is 0 Å². The third-order valence-electron chi connectivity index (χ3n) is 1.25. The zero-order valence-corrected chi connectivity index (χ0v) is 5.31. The molecule has 0 fully saturated rings. The Hall–Kier alpha value is -0.655. The van der Waals surface area contributed by atoms with Crippen molar-refractivity contribution < 1.29 is 0 Å². The van der Waals surface area contributed by atoms with E-state index < -0.39 is 0 Å². The normalized spacial score (nSPS) is 9.75. The molecule has 1 aromatic rings. The zero-order chi connectivity index (χ0) is 6.15. The Labute approximate surface area is 50.8 Å². The maximum atomic E-state index is 3.76. The van der Waals surface area contributed by atoms with E-state index in [-0.39, 0.29) is 0 Å². The van der Waals surface area contributed by atoms with Crippen molar-refractivity contribution >= 4 is 7.98 Å². The van der Waals surface area contributed by atoms with E-state index in [4.69, 9.17) is 0 Å². The van der Waals surface area contributed by atoms with Gasteiger partial charge in [-0.15, -0.1) is 0 Å². The summed E-state index contributed by atoms with van der Waals surface area (Å²) in [5.74, 6) is 0. The fourth-order valence-corrected chi connectivity index (χ4v) is 0.797. The van der Waals surface area contributed by atoms with E-state index >= 15 is 0 Å². The van der Waals surface area contributed by atoms with Gasteiger partial charge in [0.2, 0.25) is 7.98 Å². The number of rotatable bonds is 0. The summed E-state index contributed by atoms with van der Waals surface area (Å²) in [6.07, 6.45) is 2.01. The fraction of sp³-hybridized carbons (Fsp3) is 0.333. The van der Waals surface area contributed by atoms with E-state index in [2.05, 4.69) is 21.0 Å². The molecule has 0 aliphatic heterocycles. The molecule has 1 radical (unpaired) electrons. The molecular formula is C6H9BN. The monoisotopic (exact) mass is 106 g/mol. The Morgan fingerprint density at radius 1 is 1.50 bits per heavy atom. The van der Waals surface area contributed by atoms with Gasteiger partial charge in [0.15, 0.2) is 0 Å². The third-order valence-corrected chi connectivity index (χ3v) is 1.25. The van der Waals surface area contributed by atoms with Gasteiger partial charge in [-0.25, -0.2) is 0 Å². The van der Waals surface area contributed by atoms with Gasteiger partial charge in [-0.2, -0.15) is 0 Å².